The monoisotopic (exact) mass is 330 g/mol. The minimum atomic E-state index is 0.165. The third-order valence-electron chi connectivity index (χ3n) is 4.87. The minimum absolute atomic E-state index is 0.165. The van der Waals surface area contributed by atoms with Crippen molar-refractivity contribution in [3.63, 3.8) is 0 Å². The van der Waals surface area contributed by atoms with Gasteiger partial charge in [0.2, 0.25) is 5.91 Å². The number of hydrogen-bond acceptors (Lipinski definition) is 3. The predicted octanol–water partition coefficient (Wildman–Crippen LogP) is 3.45. The number of benzene rings is 1. The molecular formula is C18H19ClN2O2. The number of furan rings is 1. The first kappa shape index (κ1) is 14.8. The van der Waals surface area contributed by atoms with E-state index in [0.717, 1.165) is 43.0 Å². The van der Waals surface area contributed by atoms with E-state index in [4.69, 9.17) is 16.0 Å². The maximum absolute atomic E-state index is 11.7. The van der Waals surface area contributed by atoms with E-state index < -0.39 is 0 Å². The Morgan fingerprint density at radius 3 is 2.87 bits per heavy atom. The molecular weight excluding hydrogens is 312 g/mol. The Kier molecular flexibility index (Phi) is 3.87. The van der Waals surface area contributed by atoms with Crippen molar-refractivity contribution in [1.82, 2.24) is 10.2 Å². The van der Waals surface area contributed by atoms with E-state index in [9.17, 15) is 4.79 Å². The van der Waals surface area contributed by atoms with Crippen LogP contribution < -0.4 is 5.32 Å². The Hall–Kier alpha value is -1.78. The van der Waals surface area contributed by atoms with E-state index in [0.29, 0.717) is 23.5 Å². The first-order chi connectivity index (χ1) is 11.2. The Balaban J connectivity index is 1.54. The summed E-state index contributed by atoms with van der Waals surface area (Å²) >= 11 is 6.24. The summed E-state index contributed by atoms with van der Waals surface area (Å²) in [5.41, 5.74) is 0.913. The van der Waals surface area contributed by atoms with Gasteiger partial charge in [0.05, 0.1) is 11.6 Å². The van der Waals surface area contributed by atoms with E-state index in [-0.39, 0.29) is 5.91 Å². The lowest BCUT2D eigenvalue weighted by Crippen LogP contribution is -2.37. The fourth-order valence-electron chi connectivity index (χ4n) is 3.68. The van der Waals surface area contributed by atoms with Gasteiger partial charge in [0.15, 0.2) is 0 Å². The third-order valence-corrected chi connectivity index (χ3v) is 5.20. The summed E-state index contributed by atoms with van der Waals surface area (Å²) in [5.74, 6) is 1.88. The molecule has 2 fully saturated rings. The number of halogens is 1. The zero-order valence-corrected chi connectivity index (χ0v) is 13.6. The van der Waals surface area contributed by atoms with Crippen LogP contribution in [0.2, 0.25) is 5.02 Å². The van der Waals surface area contributed by atoms with Crippen LogP contribution in [0.3, 0.4) is 0 Å². The van der Waals surface area contributed by atoms with Crippen LogP contribution in [0.1, 0.15) is 25.0 Å². The number of rotatable bonds is 3. The number of carbonyl (C=O) groups is 1. The van der Waals surface area contributed by atoms with Crippen LogP contribution >= 0.6 is 11.6 Å². The molecule has 23 heavy (non-hydrogen) atoms. The average molecular weight is 331 g/mol. The molecule has 2 aromatic rings. The highest BCUT2D eigenvalue weighted by molar-refractivity contribution is 6.33. The Morgan fingerprint density at radius 2 is 2.00 bits per heavy atom. The van der Waals surface area contributed by atoms with Crippen LogP contribution in [0.5, 0.6) is 0 Å². The summed E-state index contributed by atoms with van der Waals surface area (Å²) < 4.78 is 6.01. The van der Waals surface area contributed by atoms with E-state index in [2.05, 4.69) is 10.2 Å². The van der Waals surface area contributed by atoms with E-state index >= 15 is 0 Å². The molecule has 2 atom stereocenters. The molecule has 0 aliphatic carbocycles. The lowest BCUT2D eigenvalue weighted by molar-refractivity contribution is -0.121. The highest BCUT2D eigenvalue weighted by atomic mass is 35.5. The smallest absolute Gasteiger partial charge is 0.221 e. The highest BCUT2D eigenvalue weighted by Crippen LogP contribution is 2.33. The van der Waals surface area contributed by atoms with Crippen molar-refractivity contribution in [2.24, 2.45) is 0 Å². The molecule has 0 spiro atoms. The molecule has 2 bridgehead atoms. The lowest BCUT2D eigenvalue weighted by Gasteiger charge is -2.25. The minimum Gasteiger partial charge on any atom is -0.460 e. The zero-order valence-electron chi connectivity index (χ0n) is 12.8. The number of hydrogen-bond donors (Lipinski definition) is 1. The molecule has 2 saturated heterocycles. The number of amides is 1. The molecule has 1 aromatic heterocycles. The summed E-state index contributed by atoms with van der Waals surface area (Å²) in [6.45, 7) is 1.49. The van der Waals surface area contributed by atoms with Gasteiger partial charge >= 0.3 is 0 Å². The molecule has 0 saturated carbocycles. The van der Waals surface area contributed by atoms with Crippen molar-refractivity contribution in [3.8, 4) is 11.3 Å². The van der Waals surface area contributed by atoms with Crippen molar-refractivity contribution in [3.05, 3.63) is 47.2 Å². The Labute approximate surface area is 140 Å². The van der Waals surface area contributed by atoms with Crippen molar-refractivity contribution < 1.29 is 9.21 Å². The van der Waals surface area contributed by atoms with Gasteiger partial charge in [-0.3, -0.25) is 9.69 Å². The topological polar surface area (TPSA) is 45.5 Å². The molecule has 120 valence electrons. The van der Waals surface area contributed by atoms with Crippen LogP contribution in [0, 0.1) is 0 Å². The molecule has 5 heteroatoms. The van der Waals surface area contributed by atoms with E-state index in [1.165, 1.54) is 0 Å². The normalized spacial score (nSPS) is 24.5. The fourth-order valence-corrected chi connectivity index (χ4v) is 3.91. The van der Waals surface area contributed by atoms with Gasteiger partial charge in [-0.1, -0.05) is 23.7 Å². The molecule has 1 amide bonds. The number of nitrogens with zero attached hydrogens (tertiary/aromatic N) is 1. The second-order valence-electron chi connectivity index (χ2n) is 6.31. The first-order valence-electron chi connectivity index (χ1n) is 8.07. The highest BCUT2D eigenvalue weighted by Gasteiger charge is 2.37. The maximum atomic E-state index is 11.7. The maximum Gasteiger partial charge on any atom is 0.221 e. The van der Waals surface area contributed by atoms with Crippen molar-refractivity contribution in [2.75, 3.05) is 6.54 Å². The molecule has 0 radical (unpaired) electrons. The molecule has 2 aliphatic rings. The van der Waals surface area contributed by atoms with E-state index in [1.54, 1.807) is 0 Å². The second kappa shape index (κ2) is 6.02. The summed E-state index contributed by atoms with van der Waals surface area (Å²) in [5, 5.41) is 3.69. The number of fused-ring (bicyclic) bond motifs is 2. The van der Waals surface area contributed by atoms with Gasteiger partial charge in [0, 0.05) is 30.6 Å². The van der Waals surface area contributed by atoms with Gasteiger partial charge in [-0.15, -0.1) is 0 Å². The number of carbonyl (C=O) groups excluding carboxylic acids is 1. The van der Waals surface area contributed by atoms with E-state index in [1.807, 2.05) is 36.4 Å². The van der Waals surface area contributed by atoms with Crippen molar-refractivity contribution >= 4 is 17.5 Å². The third kappa shape index (κ3) is 2.89. The average Bonchev–Trinajstić information content (AvgIpc) is 3.09. The molecule has 3 heterocycles. The fraction of sp³-hybridized carbons (Fsp3) is 0.389. The zero-order chi connectivity index (χ0) is 15.8. The van der Waals surface area contributed by atoms with Crippen LogP contribution in [0.25, 0.3) is 11.3 Å². The quantitative estimate of drug-likeness (QED) is 0.937. The molecule has 4 nitrogen and oxygen atoms in total. The largest absolute Gasteiger partial charge is 0.460 e. The number of nitrogens with one attached hydrogen (secondary N) is 1. The SMILES string of the molecule is O=C1C[C@@H]2CC[C@H](CN1)N2Cc1ccc(-c2ccccc2Cl)o1. The van der Waals surface area contributed by atoms with Crippen molar-refractivity contribution in [2.45, 2.75) is 37.9 Å². The first-order valence-corrected chi connectivity index (χ1v) is 8.44. The lowest BCUT2D eigenvalue weighted by atomic mass is 10.1. The summed E-state index contributed by atoms with van der Waals surface area (Å²) in [6.07, 6.45) is 2.83. The van der Waals surface area contributed by atoms with Gasteiger partial charge in [-0.25, -0.2) is 0 Å². The Morgan fingerprint density at radius 1 is 1.17 bits per heavy atom. The Bertz CT molecular complexity index is 727. The standard InChI is InChI=1S/C18H19ClN2O2/c19-16-4-2-1-3-15(16)17-8-7-14(23-17)11-21-12-5-6-13(21)10-20-18(22)9-12/h1-4,7-8,12-13H,5-6,9-11H2,(H,20,22)/t12-,13+/m0/s1. The molecule has 1 aromatic carbocycles. The summed E-state index contributed by atoms with van der Waals surface area (Å²) in [4.78, 5) is 14.1. The van der Waals surface area contributed by atoms with Crippen LogP contribution in [0.4, 0.5) is 0 Å². The molecule has 2 aliphatic heterocycles. The molecule has 4 rings (SSSR count). The van der Waals surface area contributed by atoms with Gasteiger partial charge in [0.25, 0.3) is 0 Å². The van der Waals surface area contributed by atoms with Crippen molar-refractivity contribution in [1.29, 1.82) is 0 Å². The predicted molar refractivity (Wildman–Crippen MR) is 89.1 cm³/mol. The summed E-state index contributed by atoms with van der Waals surface area (Å²) in [6, 6.07) is 12.4. The van der Waals surface area contributed by atoms with Crippen LogP contribution in [0.15, 0.2) is 40.8 Å². The van der Waals surface area contributed by atoms with Gasteiger partial charge in [-0.05, 0) is 37.1 Å². The van der Waals surface area contributed by atoms with Gasteiger partial charge < -0.3 is 9.73 Å². The van der Waals surface area contributed by atoms with Gasteiger partial charge in [-0.2, -0.15) is 0 Å². The molecule has 0 unspecified atom stereocenters. The van der Waals surface area contributed by atoms with Crippen LogP contribution in [-0.2, 0) is 11.3 Å². The second-order valence-corrected chi connectivity index (χ2v) is 6.72. The van der Waals surface area contributed by atoms with Crippen LogP contribution in [-0.4, -0.2) is 29.4 Å². The summed E-state index contributed by atoms with van der Waals surface area (Å²) in [7, 11) is 0. The van der Waals surface area contributed by atoms with Gasteiger partial charge in [0.1, 0.15) is 11.5 Å². The molecule has 1 N–H and O–H groups in total.